The van der Waals surface area contributed by atoms with Crippen LogP contribution < -0.4 is 5.32 Å². The summed E-state index contributed by atoms with van der Waals surface area (Å²) in [6, 6.07) is 19.6. The molecule has 3 aromatic carbocycles. The Morgan fingerprint density at radius 2 is 1.53 bits per heavy atom. The average Bonchev–Trinajstić information content (AvgIpc) is 3.07. The maximum Gasteiger partial charge on any atom is 0.0505 e. The quantitative estimate of drug-likeness (QED) is 0.270. The standard InChI is InChI=1S/C24H20Cl4N2/c25-18-9-8-16(23(28)12-18)10-11-29-13-17-14-30(24-7-2-1-4-19(17)24)15-20-21(26)5-3-6-22(20)27/h1-9,12,14,29H,10-11,13,15H2. The summed E-state index contributed by atoms with van der Waals surface area (Å²) in [4.78, 5) is 0. The molecule has 0 amide bonds. The molecule has 0 spiro atoms. The number of fused-ring (bicyclic) bond motifs is 1. The van der Waals surface area contributed by atoms with Crippen LogP contribution >= 0.6 is 46.4 Å². The van der Waals surface area contributed by atoms with Crippen molar-refractivity contribution in [2.24, 2.45) is 0 Å². The second-order valence-electron chi connectivity index (χ2n) is 7.16. The fourth-order valence-electron chi connectivity index (χ4n) is 3.62. The van der Waals surface area contributed by atoms with E-state index in [2.05, 4.69) is 34.3 Å². The van der Waals surface area contributed by atoms with Gasteiger partial charge in [-0.15, -0.1) is 0 Å². The molecule has 0 aliphatic carbocycles. The molecule has 6 heteroatoms. The van der Waals surface area contributed by atoms with Gasteiger partial charge < -0.3 is 9.88 Å². The number of benzene rings is 3. The maximum atomic E-state index is 6.39. The predicted molar refractivity (Wildman–Crippen MR) is 129 cm³/mol. The Bertz CT molecular complexity index is 1160. The van der Waals surface area contributed by atoms with E-state index in [4.69, 9.17) is 46.4 Å². The molecule has 0 fully saturated rings. The summed E-state index contributed by atoms with van der Waals surface area (Å²) in [5, 5.41) is 7.47. The maximum absolute atomic E-state index is 6.39. The molecule has 0 aliphatic rings. The molecule has 1 N–H and O–H groups in total. The van der Waals surface area contributed by atoms with Gasteiger partial charge in [0.2, 0.25) is 0 Å². The third-order valence-corrected chi connectivity index (χ3v) is 6.46. The van der Waals surface area contributed by atoms with Crippen LogP contribution in [0.4, 0.5) is 0 Å². The van der Waals surface area contributed by atoms with Crippen molar-refractivity contribution >= 4 is 57.3 Å². The van der Waals surface area contributed by atoms with Crippen LogP contribution in [-0.2, 0) is 19.5 Å². The second kappa shape index (κ2) is 9.64. The van der Waals surface area contributed by atoms with Gasteiger partial charge in [0.25, 0.3) is 0 Å². The van der Waals surface area contributed by atoms with Crippen molar-refractivity contribution in [1.29, 1.82) is 0 Å². The van der Waals surface area contributed by atoms with Crippen LogP contribution in [0, 0.1) is 0 Å². The summed E-state index contributed by atoms with van der Waals surface area (Å²) < 4.78 is 2.20. The molecule has 2 nitrogen and oxygen atoms in total. The molecular formula is C24H20Cl4N2. The highest BCUT2D eigenvalue weighted by Crippen LogP contribution is 2.28. The van der Waals surface area contributed by atoms with E-state index < -0.39 is 0 Å². The molecule has 4 aromatic rings. The summed E-state index contributed by atoms with van der Waals surface area (Å²) in [6.45, 7) is 2.20. The molecular weight excluding hydrogens is 458 g/mol. The highest BCUT2D eigenvalue weighted by Gasteiger charge is 2.12. The number of para-hydroxylation sites is 1. The number of rotatable bonds is 7. The highest BCUT2D eigenvalue weighted by molar-refractivity contribution is 6.36. The van der Waals surface area contributed by atoms with Gasteiger partial charge in [-0.1, -0.05) is 76.7 Å². The highest BCUT2D eigenvalue weighted by atomic mass is 35.5. The van der Waals surface area contributed by atoms with E-state index >= 15 is 0 Å². The lowest BCUT2D eigenvalue weighted by molar-refractivity contribution is 0.686. The topological polar surface area (TPSA) is 17.0 Å². The van der Waals surface area contributed by atoms with Gasteiger partial charge in [0.1, 0.15) is 0 Å². The molecule has 1 heterocycles. The number of hydrogen-bond acceptors (Lipinski definition) is 1. The number of nitrogens with zero attached hydrogens (tertiary/aromatic N) is 1. The molecule has 30 heavy (non-hydrogen) atoms. The summed E-state index contributed by atoms with van der Waals surface area (Å²) in [7, 11) is 0. The predicted octanol–water partition coefficient (Wildman–Crippen LogP) is 7.64. The zero-order valence-corrected chi connectivity index (χ0v) is 19.2. The number of aromatic nitrogens is 1. The van der Waals surface area contributed by atoms with Crippen LogP contribution in [0.15, 0.2) is 66.9 Å². The Labute approximate surface area is 196 Å². The Kier molecular flexibility index (Phi) is 6.92. The van der Waals surface area contributed by atoms with Crippen LogP contribution in [0.25, 0.3) is 10.9 Å². The fourth-order valence-corrected chi connectivity index (χ4v) is 4.64. The van der Waals surface area contributed by atoms with Gasteiger partial charge in [-0.05, 0) is 54.4 Å². The van der Waals surface area contributed by atoms with Gasteiger partial charge in [-0.2, -0.15) is 0 Å². The first-order valence-electron chi connectivity index (χ1n) is 9.67. The lowest BCUT2D eigenvalue weighted by Gasteiger charge is -2.09. The largest absolute Gasteiger partial charge is 0.343 e. The van der Waals surface area contributed by atoms with E-state index in [1.165, 1.54) is 10.9 Å². The van der Waals surface area contributed by atoms with Crippen LogP contribution in [-0.4, -0.2) is 11.1 Å². The molecule has 0 unspecified atom stereocenters. The minimum Gasteiger partial charge on any atom is -0.343 e. The van der Waals surface area contributed by atoms with E-state index in [0.29, 0.717) is 26.6 Å². The van der Waals surface area contributed by atoms with Gasteiger partial charge in [0.05, 0.1) is 6.54 Å². The Morgan fingerprint density at radius 3 is 2.30 bits per heavy atom. The van der Waals surface area contributed by atoms with Gasteiger partial charge in [-0.3, -0.25) is 0 Å². The smallest absolute Gasteiger partial charge is 0.0505 e. The molecule has 0 saturated carbocycles. The third kappa shape index (κ3) is 4.80. The van der Waals surface area contributed by atoms with E-state index in [0.717, 1.165) is 36.2 Å². The molecule has 0 saturated heterocycles. The first kappa shape index (κ1) is 21.5. The molecule has 1 aromatic heterocycles. The third-order valence-electron chi connectivity index (χ3n) is 5.16. The average molecular weight is 478 g/mol. The van der Waals surface area contributed by atoms with Crippen molar-refractivity contribution in [1.82, 2.24) is 9.88 Å². The van der Waals surface area contributed by atoms with Crippen molar-refractivity contribution in [3.05, 3.63) is 104 Å². The summed E-state index contributed by atoms with van der Waals surface area (Å²) in [6.07, 6.45) is 3.01. The van der Waals surface area contributed by atoms with Crippen molar-refractivity contribution in [2.45, 2.75) is 19.5 Å². The molecule has 0 atom stereocenters. The van der Waals surface area contributed by atoms with Crippen LogP contribution in [0.2, 0.25) is 20.1 Å². The fraction of sp³-hybridized carbons (Fsp3) is 0.167. The lowest BCUT2D eigenvalue weighted by Crippen LogP contribution is -2.16. The van der Waals surface area contributed by atoms with Crippen molar-refractivity contribution in [2.75, 3.05) is 6.54 Å². The Balaban J connectivity index is 1.49. The molecule has 4 rings (SSSR count). The van der Waals surface area contributed by atoms with E-state index in [1.807, 2.05) is 36.4 Å². The lowest BCUT2D eigenvalue weighted by atomic mass is 10.1. The van der Waals surface area contributed by atoms with Gasteiger partial charge in [0.15, 0.2) is 0 Å². The minimum absolute atomic E-state index is 0.624. The van der Waals surface area contributed by atoms with Gasteiger partial charge in [0, 0.05) is 49.3 Å². The van der Waals surface area contributed by atoms with E-state index in [1.54, 1.807) is 6.07 Å². The van der Waals surface area contributed by atoms with Crippen molar-refractivity contribution < 1.29 is 0 Å². The van der Waals surface area contributed by atoms with Crippen molar-refractivity contribution in [3.63, 3.8) is 0 Å². The molecule has 0 radical (unpaired) electrons. The monoisotopic (exact) mass is 476 g/mol. The van der Waals surface area contributed by atoms with Crippen LogP contribution in [0.3, 0.4) is 0 Å². The molecule has 0 aliphatic heterocycles. The SMILES string of the molecule is Clc1ccc(CCNCc2cn(Cc3c(Cl)cccc3Cl)c3ccccc23)c(Cl)c1. The number of nitrogens with one attached hydrogen (secondary N) is 1. The zero-order chi connectivity index (χ0) is 21.1. The van der Waals surface area contributed by atoms with E-state index in [-0.39, 0.29) is 0 Å². The Morgan fingerprint density at radius 1 is 0.767 bits per heavy atom. The summed E-state index contributed by atoms with van der Waals surface area (Å²) >= 11 is 25.0. The van der Waals surface area contributed by atoms with Gasteiger partial charge in [-0.25, -0.2) is 0 Å². The normalized spacial score (nSPS) is 11.3. The van der Waals surface area contributed by atoms with E-state index in [9.17, 15) is 0 Å². The van der Waals surface area contributed by atoms with Crippen LogP contribution in [0.5, 0.6) is 0 Å². The van der Waals surface area contributed by atoms with Crippen molar-refractivity contribution in [3.8, 4) is 0 Å². The first-order chi connectivity index (χ1) is 14.5. The summed E-state index contributed by atoms with van der Waals surface area (Å²) in [5.74, 6) is 0. The zero-order valence-electron chi connectivity index (χ0n) is 16.1. The Hall–Kier alpha value is -1.68. The minimum atomic E-state index is 0.624. The van der Waals surface area contributed by atoms with Crippen LogP contribution in [0.1, 0.15) is 16.7 Å². The van der Waals surface area contributed by atoms with Gasteiger partial charge >= 0.3 is 0 Å². The summed E-state index contributed by atoms with van der Waals surface area (Å²) in [5.41, 5.74) is 4.41. The number of halogens is 4. The number of hydrogen-bond donors (Lipinski definition) is 1. The first-order valence-corrected chi connectivity index (χ1v) is 11.2. The molecule has 0 bridgehead atoms. The molecule has 154 valence electrons. The second-order valence-corrected chi connectivity index (χ2v) is 8.82.